The van der Waals surface area contributed by atoms with E-state index in [1.54, 1.807) is 19.0 Å². The van der Waals surface area contributed by atoms with Crippen LogP contribution in [0.2, 0.25) is 0 Å². The monoisotopic (exact) mass is 296 g/mol. The summed E-state index contributed by atoms with van der Waals surface area (Å²) in [4.78, 5) is 28.6. The third-order valence-corrected chi connectivity index (χ3v) is 5.22. The number of piperidine rings is 1. The van der Waals surface area contributed by atoms with Crippen LogP contribution in [0.25, 0.3) is 0 Å². The highest BCUT2D eigenvalue weighted by Crippen LogP contribution is 2.43. The van der Waals surface area contributed by atoms with Gasteiger partial charge in [0, 0.05) is 39.7 Å². The molecular weight excluding hydrogens is 272 g/mol. The number of rotatable bonds is 2. The van der Waals surface area contributed by atoms with E-state index >= 15 is 0 Å². The van der Waals surface area contributed by atoms with Crippen molar-refractivity contribution in [2.24, 2.45) is 11.3 Å². The first-order valence-corrected chi connectivity index (χ1v) is 7.74. The Morgan fingerprint density at radius 2 is 2.05 bits per heavy atom. The number of likely N-dealkylation sites (tertiary alicyclic amines) is 1. The number of hydrogen-bond acceptors (Lipinski definition) is 4. The van der Waals surface area contributed by atoms with Gasteiger partial charge in [0.2, 0.25) is 11.8 Å². The van der Waals surface area contributed by atoms with Crippen molar-refractivity contribution in [3.8, 4) is 0 Å². The van der Waals surface area contributed by atoms with Crippen molar-refractivity contribution >= 4 is 11.8 Å². The molecule has 2 atom stereocenters. The van der Waals surface area contributed by atoms with Crippen LogP contribution in [-0.4, -0.2) is 72.7 Å². The zero-order valence-corrected chi connectivity index (χ0v) is 12.7. The number of aliphatic hydroxyl groups excluding tert-OH is 1. The zero-order valence-electron chi connectivity index (χ0n) is 12.7. The molecule has 1 saturated carbocycles. The molecule has 2 amide bonds. The topological polar surface area (TPSA) is 70.1 Å². The van der Waals surface area contributed by atoms with Crippen molar-refractivity contribution in [1.82, 2.24) is 9.80 Å². The number of aliphatic hydroxyl groups is 1. The fourth-order valence-electron chi connectivity index (χ4n) is 3.93. The molecular formula is C15H24N2O4. The average Bonchev–Trinajstić information content (AvgIpc) is 2.86. The van der Waals surface area contributed by atoms with Crippen molar-refractivity contribution in [2.45, 2.75) is 37.9 Å². The molecule has 0 unspecified atom stereocenters. The lowest BCUT2D eigenvalue weighted by molar-refractivity contribution is -0.157. The van der Waals surface area contributed by atoms with Crippen LogP contribution in [0.15, 0.2) is 0 Å². The van der Waals surface area contributed by atoms with E-state index in [4.69, 9.17) is 4.74 Å². The van der Waals surface area contributed by atoms with Gasteiger partial charge >= 0.3 is 0 Å². The third-order valence-electron chi connectivity index (χ3n) is 5.22. The largest absolute Gasteiger partial charge is 0.393 e. The Morgan fingerprint density at radius 1 is 1.33 bits per heavy atom. The van der Waals surface area contributed by atoms with Gasteiger partial charge in [0.1, 0.15) is 0 Å². The molecule has 0 aromatic heterocycles. The minimum Gasteiger partial charge on any atom is -0.393 e. The van der Waals surface area contributed by atoms with Crippen LogP contribution >= 0.6 is 0 Å². The summed E-state index contributed by atoms with van der Waals surface area (Å²) in [5, 5.41) is 9.38. The maximum absolute atomic E-state index is 12.6. The Morgan fingerprint density at radius 3 is 2.67 bits per heavy atom. The number of fused-ring (bicyclic) bond motifs is 1. The van der Waals surface area contributed by atoms with Gasteiger partial charge in [-0.2, -0.15) is 0 Å². The van der Waals surface area contributed by atoms with E-state index in [0.29, 0.717) is 39.0 Å². The number of nitrogens with zero attached hydrogens (tertiary/aromatic N) is 2. The van der Waals surface area contributed by atoms with E-state index < -0.39 is 5.41 Å². The van der Waals surface area contributed by atoms with Gasteiger partial charge in [0.15, 0.2) is 0 Å². The molecule has 0 bridgehead atoms. The highest BCUT2D eigenvalue weighted by Gasteiger charge is 2.55. The first-order valence-electron chi connectivity index (χ1n) is 7.74. The molecule has 2 aliphatic heterocycles. The Balaban J connectivity index is 1.75. The van der Waals surface area contributed by atoms with E-state index in [9.17, 15) is 14.7 Å². The maximum atomic E-state index is 12.6. The molecule has 2 heterocycles. The first-order chi connectivity index (χ1) is 9.94. The van der Waals surface area contributed by atoms with Crippen LogP contribution in [0.3, 0.4) is 0 Å². The van der Waals surface area contributed by atoms with Crippen molar-refractivity contribution in [3.05, 3.63) is 0 Å². The van der Waals surface area contributed by atoms with Gasteiger partial charge in [0.05, 0.1) is 17.6 Å². The highest BCUT2D eigenvalue weighted by atomic mass is 16.5. The number of carbonyl (C=O) groups excluding carboxylic acids is 2. The molecule has 3 rings (SSSR count). The summed E-state index contributed by atoms with van der Waals surface area (Å²) in [6.07, 6.45) is 2.13. The van der Waals surface area contributed by atoms with Crippen LogP contribution < -0.4 is 0 Å². The van der Waals surface area contributed by atoms with E-state index in [1.807, 2.05) is 4.90 Å². The summed E-state index contributed by atoms with van der Waals surface area (Å²) < 4.78 is 5.75. The summed E-state index contributed by atoms with van der Waals surface area (Å²) in [6.45, 7) is 1.70. The fraction of sp³-hybridized carbons (Fsp3) is 0.867. The van der Waals surface area contributed by atoms with Crippen molar-refractivity contribution < 1.29 is 19.4 Å². The van der Waals surface area contributed by atoms with Crippen molar-refractivity contribution in [1.29, 1.82) is 0 Å². The summed E-state index contributed by atoms with van der Waals surface area (Å²) in [5.74, 6) is 0.0955. The second kappa shape index (κ2) is 5.25. The minimum atomic E-state index is -0.570. The van der Waals surface area contributed by atoms with Crippen molar-refractivity contribution in [3.63, 3.8) is 0 Å². The molecule has 0 aromatic rings. The maximum Gasteiger partial charge on any atom is 0.232 e. The smallest absolute Gasteiger partial charge is 0.232 e. The third kappa shape index (κ3) is 2.34. The lowest BCUT2D eigenvalue weighted by Crippen LogP contribution is -2.59. The lowest BCUT2D eigenvalue weighted by atomic mass is 9.74. The first kappa shape index (κ1) is 14.8. The second-order valence-electron chi connectivity index (χ2n) is 6.84. The van der Waals surface area contributed by atoms with Gasteiger partial charge in [-0.25, -0.2) is 0 Å². The molecule has 0 aromatic carbocycles. The quantitative estimate of drug-likeness (QED) is 0.769. The van der Waals surface area contributed by atoms with Crippen LogP contribution in [0.1, 0.15) is 25.7 Å². The van der Waals surface area contributed by atoms with Gasteiger partial charge in [-0.05, 0) is 25.7 Å². The van der Waals surface area contributed by atoms with Gasteiger partial charge < -0.3 is 19.6 Å². The van der Waals surface area contributed by atoms with Crippen LogP contribution in [0.4, 0.5) is 0 Å². The predicted molar refractivity (Wildman–Crippen MR) is 75.4 cm³/mol. The molecule has 3 aliphatic rings. The summed E-state index contributed by atoms with van der Waals surface area (Å²) >= 11 is 0. The highest BCUT2D eigenvalue weighted by molar-refractivity contribution is 5.86. The molecule has 0 spiro atoms. The summed E-state index contributed by atoms with van der Waals surface area (Å²) in [7, 11) is 3.52. The van der Waals surface area contributed by atoms with Gasteiger partial charge in [-0.3, -0.25) is 9.59 Å². The Kier molecular flexibility index (Phi) is 3.69. The summed E-state index contributed by atoms with van der Waals surface area (Å²) in [6, 6.07) is 0. The molecule has 21 heavy (non-hydrogen) atoms. The SMILES string of the molecule is CN(C)C(=O)[C@@]12CCO[C@@H]1CCN(C(=O)C1CC(O)C1)C2. The van der Waals surface area contributed by atoms with E-state index in [1.165, 1.54) is 0 Å². The van der Waals surface area contributed by atoms with Gasteiger partial charge in [-0.15, -0.1) is 0 Å². The molecule has 3 fully saturated rings. The van der Waals surface area contributed by atoms with Crippen LogP contribution in [0, 0.1) is 11.3 Å². The predicted octanol–water partition coefficient (Wildman–Crippen LogP) is -0.147. The Bertz CT molecular complexity index is 447. The van der Waals surface area contributed by atoms with Gasteiger partial charge in [0.25, 0.3) is 0 Å². The molecule has 6 heteroatoms. The second-order valence-corrected chi connectivity index (χ2v) is 6.84. The average molecular weight is 296 g/mol. The van der Waals surface area contributed by atoms with E-state index in [0.717, 1.165) is 6.42 Å². The molecule has 1 aliphatic carbocycles. The molecule has 118 valence electrons. The molecule has 0 radical (unpaired) electrons. The fourth-order valence-corrected chi connectivity index (χ4v) is 3.93. The Labute approximate surface area is 125 Å². The number of hydrogen-bond donors (Lipinski definition) is 1. The number of ether oxygens (including phenoxy) is 1. The van der Waals surface area contributed by atoms with E-state index in [-0.39, 0.29) is 29.9 Å². The lowest BCUT2D eigenvalue weighted by Gasteiger charge is -2.45. The van der Waals surface area contributed by atoms with E-state index in [2.05, 4.69) is 0 Å². The zero-order chi connectivity index (χ0) is 15.2. The number of carbonyl (C=O) groups is 2. The Hall–Kier alpha value is -1.14. The van der Waals surface area contributed by atoms with Crippen LogP contribution in [-0.2, 0) is 14.3 Å². The van der Waals surface area contributed by atoms with Crippen molar-refractivity contribution in [2.75, 3.05) is 33.8 Å². The normalized spacial score (nSPS) is 38.6. The van der Waals surface area contributed by atoms with Gasteiger partial charge in [-0.1, -0.05) is 0 Å². The minimum absolute atomic E-state index is 0.0645. The molecule has 2 saturated heterocycles. The standard InChI is InChI=1S/C15H24N2O4/c1-16(2)14(20)15-4-6-21-12(15)3-5-17(9-15)13(19)10-7-11(18)8-10/h10-12,18H,3-9H2,1-2H3/t10?,11?,12-,15-/m1/s1. The number of amides is 2. The molecule has 6 nitrogen and oxygen atoms in total. The van der Waals surface area contributed by atoms with Crippen LogP contribution in [0.5, 0.6) is 0 Å². The summed E-state index contributed by atoms with van der Waals surface area (Å²) in [5.41, 5.74) is -0.570. The molecule has 1 N–H and O–H groups in total.